The average molecular weight is 699 g/mol. The van der Waals surface area contributed by atoms with Crippen LogP contribution in [-0.2, 0) is 29.2 Å². The second kappa shape index (κ2) is 13.1. The van der Waals surface area contributed by atoms with E-state index < -0.39 is 88.9 Å². The lowest BCUT2D eigenvalue weighted by Gasteiger charge is -2.38. The zero-order chi connectivity index (χ0) is 36.0. The van der Waals surface area contributed by atoms with E-state index in [9.17, 15) is 45.8 Å². The molecule has 0 spiro atoms. The van der Waals surface area contributed by atoms with E-state index in [1.165, 1.54) is 44.4 Å². The van der Waals surface area contributed by atoms with E-state index in [-0.39, 0.29) is 40.9 Å². The number of alkyl halides is 6. The van der Waals surface area contributed by atoms with E-state index in [4.69, 9.17) is 4.74 Å². The number of fused-ring (bicyclic) bond motifs is 1. The summed E-state index contributed by atoms with van der Waals surface area (Å²) in [6, 6.07) is 2.97. The number of anilines is 1. The summed E-state index contributed by atoms with van der Waals surface area (Å²) >= 11 is 0. The molecular weight excluding hydrogens is 672 g/mol. The Balaban J connectivity index is 1.48. The third-order valence-electron chi connectivity index (χ3n) is 8.22. The lowest BCUT2D eigenvalue weighted by Crippen LogP contribution is -2.53. The Bertz CT molecular complexity index is 1990. The molecule has 9 nitrogen and oxygen atoms in total. The van der Waals surface area contributed by atoms with Crippen molar-refractivity contribution in [3.63, 3.8) is 0 Å². The summed E-state index contributed by atoms with van der Waals surface area (Å²) in [4.78, 5) is 43.2. The molecule has 0 saturated carbocycles. The molecule has 1 saturated heterocycles. The first-order chi connectivity index (χ1) is 22.9. The molecule has 0 aliphatic carbocycles. The summed E-state index contributed by atoms with van der Waals surface area (Å²) in [6.07, 6.45) is -9.02. The number of nitrogens with zero attached hydrogens (tertiary/aromatic N) is 3. The number of benzene rings is 2. The van der Waals surface area contributed by atoms with Crippen molar-refractivity contribution in [3.05, 3.63) is 93.0 Å². The number of hydrogen-bond donors (Lipinski definition) is 2. The maximum Gasteiger partial charge on any atom is 0.417 e. The minimum atomic E-state index is -4.91. The van der Waals surface area contributed by atoms with Gasteiger partial charge in [-0.3, -0.25) is 14.6 Å². The van der Waals surface area contributed by atoms with Gasteiger partial charge in [0.1, 0.15) is 29.3 Å². The molecule has 4 aromatic rings. The fourth-order valence-electron chi connectivity index (χ4n) is 5.70. The number of amides is 1. The molecule has 5 rings (SSSR count). The number of carbonyl (C=O) groups is 2. The molecule has 49 heavy (non-hydrogen) atoms. The molecule has 1 fully saturated rings. The lowest BCUT2D eigenvalue weighted by molar-refractivity contribution is -0.167. The highest BCUT2D eigenvalue weighted by Gasteiger charge is 2.46. The lowest BCUT2D eigenvalue weighted by atomic mass is 9.93. The molecule has 2 aromatic heterocycles. The molecule has 1 aliphatic heterocycles. The van der Waals surface area contributed by atoms with Crippen LogP contribution in [0.1, 0.15) is 27.2 Å². The maximum absolute atomic E-state index is 15.1. The number of halogens is 8. The molecule has 17 heteroatoms. The number of nitrogens with one attached hydrogen (secondary N) is 1. The smallest absolute Gasteiger partial charge is 0.417 e. The van der Waals surface area contributed by atoms with E-state index in [2.05, 4.69) is 4.98 Å². The van der Waals surface area contributed by atoms with Crippen LogP contribution in [0.3, 0.4) is 0 Å². The number of carbonyl (C=O) groups excluding carboxylic acids is 1. The molecular formula is C32H26F8N4O5. The summed E-state index contributed by atoms with van der Waals surface area (Å²) in [7, 11) is 1.30. The van der Waals surface area contributed by atoms with Crippen LogP contribution in [0.5, 0.6) is 0 Å². The molecule has 1 amide bonds. The summed E-state index contributed by atoms with van der Waals surface area (Å²) < 4.78 is 119. The number of hydrogen-bond acceptors (Lipinski definition) is 6. The Morgan fingerprint density at radius 3 is 2.37 bits per heavy atom. The van der Waals surface area contributed by atoms with Gasteiger partial charge in [-0.1, -0.05) is 18.2 Å². The third-order valence-corrected chi connectivity index (χ3v) is 8.22. The van der Waals surface area contributed by atoms with Crippen LogP contribution in [0.25, 0.3) is 22.0 Å². The summed E-state index contributed by atoms with van der Waals surface area (Å²) in [5, 5.41) is 11.9. The van der Waals surface area contributed by atoms with Gasteiger partial charge in [0.15, 0.2) is 0 Å². The summed E-state index contributed by atoms with van der Waals surface area (Å²) in [6.45, 7) is 0.0361. The molecule has 3 heterocycles. The first kappa shape index (κ1) is 35.3. The van der Waals surface area contributed by atoms with Crippen molar-refractivity contribution in [2.75, 3.05) is 24.7 Å². The van der Waals surface area contributed by atoms with Crippen molar-refractivity contribution in [1.82, 2.24) is 14.9 Å². The molecule has 2 N–H and O–H groups in total. The minimum absolute atomic E-state index is 0.0114. The predicted octanol–water partition coefficient (Wildman–Crippen LogP) is 5.40. The minimum Gasteiger partial charge on any atom is -0.480 e. The first-order valence-corrected chi connectivity index (χ1v) is 14.5. The van der Waals surface area contributed by atoms with Gasteiger partial charge in [-0.2, -0.15) is 26.3 Å². The van der Waals surface area contributed by atoms with Crippen LogP contribution in [0.15, 0.2) is 53.5 Å². The highest BCUT2D eigenvalue weighted by atomic mass is 19.4. The Morgan fingerprint density at radius 1 is 1.08 bits per heavy atom. The summed E-state index contributed by atoms with van der Waals surface area (Å²) in [5.41, 5.74) is -4.59. The number of morpholine rings is 1. The van der Waals surface area contributed by atoms with E-state index >= 15 is 8.78 Å². The monoisotopic (exact) mass is 698 g/mol. The van der Waals surface area contributed by atoms with E-state index in [0.717, 1.165) is 10.6 Å². The summed E-state index contributed by atoms with van der Waals surface area (Å²) in [5.74, 6) is -6.30. The van der Waals surface area contributed by atoms with Crippen LogP contribution in [0.4, 0.5) is 40.8 Å². The Labute approximate surface area is 271 Å². The van der Waals surface area contributed by atoms with E-state index in [1.54, 1.807) is 0 Å². The molecule has 0 bridgehead atoms. The van der Waals surface area contributed by atoms with Crippen LogP contribution in [-0.4, -0.2) is 64.6 Å². The van der Waals surface area contributed by atoms with Crippen molar-refractivity contribution < 1.29 is 54.6 Å². The van der Waals surface area contributed by atoms with Crippen LogP contribution >= 0.6 is 0 Å². The van der Waals surface area contributed by atoms with E-state index in [0.29, 0.717) is 17.0 Å². The largest absolute Gasteiger partial charge is 0.480 e. The van der Waals surface area contributed by atoms with Crippen molar-refractivity contribution in [1.29, 1.82) is 0 Å². The Kier molecular flexibility index (Phi) is 9.42. The topological polar surface area (TPSA) is 114 Å². The normalized spacial score (nSPS) is 16.1. The quantitative estimate of drug-likeness (QED) is 0.249. The van der Waals surface area contributed by atoms with Gasteiger partial charge >= 0.3 is 18.3 Å². The predicted molar refractivity (Wildman–Crippen MR) is 159 cm³/mol. The van der Waals surface area contributed by atoms with Crippen molar-refractivity contribution in [2.45, 2.75) is 37.8 Å². The Morgan fingerprint density at radius 2 is 1.76 bits per heavy atom. The van der Waals surface area contributed by atoms with Crippen LogP contribution in [0.2, 0.25) is 0 Å². The van der Waals surface area contributed by atoms with Gasteiger partial charge in [0.05, 0.1) is 29.9 Å². The van der Waals surface area contributed by atoms with Crippen molar-refractivity contribution in [3.8, 4) is 11.1 Å². The van der Waals surface area contributed by atoms with Gasteiger partial charge < -0.3 is 24.6 Å². The zero-order valence-corrected chi connectivity index (χ0v) is 25.5. The number of carboxylic acids is 1. The molecule has 1 aliphatic rings. The van der Waals surface area contributed by atoms with Crippen molar-refractivity contribution >= 4 is 28.5 Å². The number of aromatic nitrogens is 2. The SMILES string of the molecule is Cc1cc(C(F)(F)F)c(-c2ccc(CC(NC(=O)c3c(F)cc(N4CCOC[C@@H]4C(F)(F)F)cc3F)C(=O)O)c3ncccc23)c(=O)n1C. The molecule has 0 radical (unpaired) electrons. The second-order valence-corrected chi connectivity index (χ2v) is 11.3. The van der Waals surface area contributed by atoms with Gasteiger partial charge in [0, 0.05) is 43.0 Å². The first-order valence-electron chi connectivity index (χ1n) is 14.5. The van der Waals surface area contributed by atoms with Gasteiger partial charge in [-0.25, -0.2) is 13.6 Å². The second-order valence-electron chi connectivity index (χ2n) is 11.3. The standard InChI is InChI=1S/C32H26F8N4O5/c1-15-10-20(31(35,36)37)25(29(46)43(15)2)18-6-5-16(27-19(18)4-3-7-41-27)11-23(30(47)48)42-28(45)26-21(33)12-17(13-22(26)34)44-8-9-49-14-24(44)32(38,39)40/h3-7,10,12-13,23-24H,8-9,11,14H2,1-2H3,(H,42,45)(H,47,48)/t23?,24-/m1/s1. The molecule has 1 unspecified atom stereocenters. The highest BCUT2D eigenvalue weighted by molar-refractivity contribution is 5.99. The number of ether oxygens (including phenoxy) is 1. The average Bonchev–Trinajstić information content (AvgIpc) is 3.02. The van der Waals surface area contributed by atoms with E-state index in [1.807, 2.05) is 5.32 Å². The van der Waals surface area contributed by atoms with Gasteiger partial charge in [0.2, 0.25) is 0 Å². The van der Waals surface area contributed by atoms with Crippen LogP contribution < -0.4 is 15.8 Å². The van der Waals surface area contributed by atoms with Gasteiger partial charge in [-0.15, -0.1) is 0 Å². The highest BCUT2D eigenvalue weighted by Crippen LogP contribution is 2.39. The number of rotatable bonds is 7. The van der Waals surface area contributed by atoms with Gasteiger partial charge in [0.25, 0.3) is 11.5 Å². The van der Waals surface area contributed by atoms with Gasteiger partial charge in [-0.05, 0) is 42.3 Å². The fourth-order valence-corrected chi connectivity index (χ4v) is 5.70. The Hall–Kier alpha value is -5.06. The number of pyridine rings is 2. The van der Waals surface area contributed by atoms with Crippen molar-refractivity contribution in [2.24, 2.45) is 7.05 Å². The number of aliphatic carboxylic acids is 1. The van der Waals surface area contributed by atoms with Crippen LogP contribution in [0, 0.1) is 18.6 Å². The number of carboxylic acid groups (broad SMARTS) is 1. The molecule has 260 valence electrons. The molecule has 2 aromatic carbocycles. The molecule has 2 atom stereocenters. The maximum atomic E-state index is 15.1. The zero-order valence-electron chi connectivity index (χ0n) is 25.5. The fraction of sp³-hybridized carbons (Fsp3) is 0.312. The number of aryl methyl sites for hydroxylation is 1. The third kappa shape index (κ3) is 6.93.